The molecule has 0 amide bonds. The van der Waals surface area contributed by atoms with Crippen LogP contribution in [-0.4, -0.2) is 11.7 Å². The minimum Gasteiger partial charge on any atom is -0.396 e. The van der Waals surface area contributed by atoms with Crippen LogP contribution in [0.3, 0.4) is 0 Å². The fraction of sp³-hybridized carbons (Fsp3) is 0.750. The summed E-state index contributed by atoms with van der Waals surface area (Å²) in [6, 6.07) is 0. The van der Waals surface area contributed by atoms with E-state index in [0.29, 0.717) is 12.5 Å². The topological polar surface area (TPSA) is 20.2 Å². The first-order valence-electron chi connectivity index (χ1n) is 3.69. The lowest BCUT2D eigenvalue weighted by Gasteiger charge is -2.13. The summed E-state index contributed by atoms with van der Waals surface area (Å²) in [7, 11) is 0. The predicted octanol–water partition coefficient (Wildman–Crippen LogP) is 1.19. The Balaban J connectivity index is 2.10. The lowest BCUT2D eigenvalue weighted by molar-refractivity contribution is 0.207. The van der Waals surface area contributed by atoms with E-state index in [1.807, 2.05) is 0 Å². The van der Waals surface area contributed by atoms with Gasteiger partial charge in [-0.2, -0.15) is 0 Å². The molecule has 2 aliphatic carbocycles. The molecular weight excluding hydrogens is 112 g/mol. The SMILES string of the molecule is OCC1C[C@@H]2C=C[C@H]1C2. The Kier molecular flexibility index (Phi) is 1.12. The van der Waals surface area contributed by atoms with Crippen LogP contribution >= 0.6 is 0 Å². The molecule has 1 heteroatoms. The van der Waals surface area contributed by atoms with Crippen molar-refractivity contribution in [2.45, 2.75) is 12.8 Å². The van der Waals surface area contributed by atoms with Crippen LogP contribution in [0.5, 0.6) is 0 Å². The van der Waals surface area contributed by atoms with Crippen molar-refractivity contribution in [1.29, 1.82) is 0 Å². The van der Waals surface area contributed by atoms with Crippen molar-refractivity contribution < 1.29 is 5.11 Å². The van der Waals surface area contributed by atoms with Gasteiger partial charge < -0.3 is 5.11 Å². The molecule has 3 atom stereocenters. The van der Waals surface area contributed by atoms with Gasteiger partial charge >= 0.3 is 0 Å². The zero-order valence-corrected chi connectivity index (χ0v) is 5.46. The molecule has 1 unspecified atom stereocenters. The van der Waals surface area contributed by atoms with E-state index in [-0.39, 0.29) is 0 Å². The van der Waals surface area contributed by atoms with Gasteiger partial charge in [0.05, 0.1) is 0 Å². The van der Waals surface area contributed by atoms with Crippen LogP contribution in [0.2, 0.25) is 0 Å². The van der Waals surface area contributed by atoms with Crippen LogP contribution in [0, 0.1) is 17.8 Å². The summed E-state index contributed by atoms with van der Waals surface area (Å²) in [5, 5.41) is 8.85. The van der Waals surface area contributed by atoms with E-state index in [0.717, 1.165) is 11.8 Å². The van der Waals surface area contributed by atoms with E-state index in [4.69, 9.17) is 5.11 Å². The highest BCUT2D eigenvalue weighted by Crippen LogP contribution is 2.42. The standard InChI is InChI=1S/C8H12O/c9-5-8-4-6-1-2-7(8)3-6/h1-2,6-9H,3-5H2/t6-,7+,8?/m1/s1. The van der Waals surface area contributed by atoms with E-state index in [2.05, 4.69) is 12.2 Å². The fourth-order valence-electron chi connectivity index (χ4n) is 2.10. The van der Waals surface area contributed by atoms with Gasteiger partial charge in [0.15, 0.2) is 0 Å². The minimum atomic E-state index is 0.394. The third-order valence-electron chi connectivity index (χ3n) is 2.65. The smallest absolute Gasteiger partial charge is 0.0465 e. The summed E-state index contributed by atoms with van der Waals surface area (Å²) >= 11 is 0. The van der Waals surface area contributed by atoms with Crippen molar-refractivity contribution in [3.63, 3.8) is 0 Å². The molecular formula is C8H12O. The third kappa shape index (κ3) is 0.715. The molecule has 0 aromatic rings. The molecule has 9 heavy (non-hydrogen) atoms. The van der Waals surface area contributed by atoms with Gasteiger partial charge in [0, 0.05) is 6.61 Å². The fourth-order valence-corrected chi connectivity index (χ4v) is 2.10. The molecule has 1 N–H and O–H groups in total. The summed E-state index contributed by atoms with van der Waals surface area (Å²) in [5.74, 6) is 2.13. The molecule has 0 heterocycles. The van der Waals surface area contributed by atoms with Crippen LogP contribution in [0.4, 0.5) is 0 Å². The van der Waals surface area contributed by atoms with Crippen LogP contribution in [0.25, 0.3) is 0 Å². The van der Waals surface area contributed by atoms with Crippen LogP contribution in [0.1, 0.15) is 12.8 Å². The predicted molar refractivity (Wildman–Crippen MR) is 35.9 cm³/mol. The molecule has 1 saturated carbocycles. The second-order valence-electron chi connectivity index (χ2n) is 3.22. The molecule has 0 spiro atoms. The number of allylic oxidation sites excluding steroid dienone is 2. The maximum Gasteiger partial charge on any atom is 0.0465 e. The van der Waals surface area contributed by atoms with E-state index < -0.39 is 0 Å². The number of fused-ring (bicyclic) bond motifs is 2. The van der Waals surface area contributed by atoms with Crippen LogP contribution in [-0.2, 0) is 0 Å². The molecule has 0 aliphatic heterocycles. The Morgan fingerprint density at radius 1 is 1.33 bits per heavy atom. The quantitative estimate of drug-likeness (QED) is 0.520. The summed E-state index contributed by atoms with van der Waals surface area (Å²) in [6.45, 7) is 0.394. The summed E-state index contributed by atoms with van der Waals surface area (Å²) in [6.07, 6.45) is 7.12. The summed E-state index contributed by atoms with van der Waals surface area (Å²) in [5.41, 5.74) is 0. The maximum absolute atomic E-state index is 8.85. The normalized spacial score (nSPS) is 46.6. The average molecular weight is 124 g/mol. The number of aliphatic hydroxyl groups excluding tert-OH is 1. The lowest BCUT2D eigenvalue weighted by Crippen LogP contribution is -2.10. The van der Waals surface area contributed by atoms with Gasteiger partial charge in [-0.05, 0) is 30.6 Å². The molecule has 0 aromatic carbocycles. The highest BCUT2D eigenvalue weighted by molar-refractivity contribution is 5.09. The highest BCUT2D eigenvalue weighted by Gasteiger charge is 2.34. The van der Waals surface area contributed by atoms with Gasteiger partial charge in [-0.25, -0.2) is 0 Å². The van der Waals surface area contributed by atoms with Crippen LogP contribution < -0.4 is 0 Å². The molecule has 0 radical (unpaired) electrons. The van der Waals surface area contributed by atoms with Crippen molar-refractivity contribution in [2.75, 3.05) is 6.61 Å². The van der Waals surface area contributed by atoms with Crippen molar-refractivity contribution in [3.05, 3.63) is 12.2 Å². The number of rotatable bonds is 1. The van der Waals surface area contributed by atoms with Crippen molar-refractivity contribution in [2.24, 2.45) is 17.8 Å². The van der Waals surface area contributed by atoms with E-state index in [1.54, 1.807) is 0 Å². The van der Waals surface area contributed by atoms with Crippen LogP contribution in [0.15, 0.2) is 12.2 Å². The number of aliphatic hydroxyl groups is 1. The van der Waals surface area contributed by atoms with E-state index >= 15 is 0 Å². The first-order valence-corrected chi connectivity index (χ1v) is 3.69. The van der Waals surface area contributed by atoms with E-state index in [1.165, 1.54) is 12.8 Å². The molecule has 2 bridgehead atoms. The summed E-state index contributed by atoms with van der Waals surface area (Å²) in [4.78, 5) is 0. The number of hydrogen-bond donors (Lipinski definition) is 1. The Labute approximate surface area is 55.4 Å². The average Bonchev–Trinajstić information content (AvgIpc) is 2.45. The first-order chi connectivity index (χ1) is 4.40. The van der Waals surface area contributed by atoms with Gasteiger partial charge in [-0.1, -0.05) is 12.2 Å². The molecule has 2 rings (SSSR count). The molecule has 0 saturated heterocycles. The maximum atomic E-state index is 8.85. The van der Waals surface area contributed by atoms with Gasteiger partial charge in [-0.3, -0.25) is 0 Å². The van der Waals surface area contributed by atoms with Gasteiger partial charge in [0.1, 0.15) is 0 Å². The van der Waals surface area contributed by atoms with Gasteiger partial charge in [0.2, 0.25) is 0 Å². The summed E-state index contributed by atoms with van der Waals surface area (Å²) < 4.78 is 0. The Morgan fingerprint density at radius 2 is 2.22 bits per heavy atom. The lowest BCUT2D eigenvalue weighted by atomic mass is 9.95. The van der Waals surface area contributed by atoms with E-state index in [9.17, 15) is 0 Å². The molecule has 1 fully saturated rings. The second kappa shape index (κ2) is 1.84. The molecule has 1 nitrogen and oxygen atoms in total. The van der Waals surface area contributed by atoms with Crippen molar-refractivity contribution >= 4 is 0 Å². The highest BCUT2D eigenvalue weighted by atomic mass is 16.3. The third-order valence-corrected chi connectivity index (χ3v) is 2.65. The van der Waals surface area contributed by atoms with Crippen molar-refractivity contribution in [1.82, 2.24) is 0 Å². The molecule has 0 aromatic heterocycles. The zero-order chi connectivity index (χ0) is 6.27. The molecule has 2 aliphatic rings. The largest absolute Gasteiger partial charge is 0.396 e. The Morgan fingerprint density at radius 3 is 2.56 bits per heavy atom. The number of hydrogen-bond acceptors (Lipinski definition) is 1. The zero-order valence-electron chi connectivity index (χ0n) is 5.46. The minimum absolute atomic E-state index is 0.394. The first kappa shape index (κ1) is 5.48. The Bertz CT molecular complexity index is 140. The monoisotopic (exact) mass is 124 g/mol. The second-order valence-corrected chi connectivity index (χ2v) is 3.22. The van der Waals surface area contributed by atoms with Crippen molar-refractivity contribution in [3.8, 4) is 0 Å². The Hall–Kier alpha value is -0.300. The van der Waals surface area contributed by atoms with Gasteiger partial charge in [-0.15, -0.1) is 0 Å². The van der Waals surface area contributed by atoms with Gasteiger partial charge in [0.25, 0.3) is 0 Å². The molecule has 50 valence electrons.